The molecule has 0 unspecified atom stereocenters. The lowest BCUT2D eigenvalue weighted by atomic mass is 9.96. The summed E-state index contributed by atoms with van der Waals surface area (Å²) >= 11 is 0. The minimum atomic E-state index is 0.207. The van der Waals surface area contributed by atoms with Crippen LogP contribution in [0.25, 0.3) is 11.4 Å². The fourth-order valence-corrected chi connectivity index (χ4v) is 4.83. The van der Waals surface area contributed by atoms with Crippen molar-refractivity contribution in [3.05, 3.63) is 115 Å². The number of piperazine rings is 1. The van der Waals surface area contributed by atoms with Crippen LogP contribution in [-0.4, -0.2) is 51.4 Å². The first-order valence-corrected chi connectivity index (χ1v) is 12.0. The highest BCUT2D eigenvalue weighted by atomic mass is 16.2. The summed E-state index contributed by atoms with van der Waals surface area (Å²) in [6.45, 7) is 3.87. The highest BCUT2D eigenvalue weighted by molar-refractivity contribution is 5.76. The number of benzene rings is 3. The molecule has 1 aliphatic heterocycles. The maximum Gasteiger partial charge on any atom is 0.224 e. The van der Waals surface area contributed by atoms with E-state index in [1.165, 1.54) is 11.1 Å². The van der Waals surface area contributed by atoms with E-state index >= 15 is 0 Å². The van der Waals surface area contributed by atoms with Gasteiger partial charge in [0.2, 0.25) is 5.91 Å². The highest BCUT2D eigenvalue weighted by Crippen LogP contribution is 2.29. The van der Waals surface area contributed by atoms with Crippen LogP contribution < -0.4 is 0 Å². The fraction of sp³-hybridized carbons (Fsp3) is 0.241. The molecule has 0 spiro atoms. The summed E-state index contributed by atoms with van der Waals surface area (Å²) in [6, 6.07) is 31.7. The number of hydrogen-bond donors (Lipinski definition) is 0. The molecule has 1 aromatic heterocycles. The van der Waals surface area contributed by atoms with Gasteiger partial charge in [0.15, 0.2) is 0 Å². The number of nitrogens with zero attached hydrogens (tertiary/aromatic N) is 4. The van der Waals surface area contributed by atoms with E-state index in [2.05, 4.69) is 87.2 Å². The van der Waals surface area contributed by atoms with E-state index in [4.69, 9.17) is 0 Å². The molecule has 1 fully saturated rings. The van der Waals surface area contributed by atoms with E-state index in [-0.39, 0.29) is 11.9 Å². The van der Waals surface area contributed by atoms with E-state index < -0.39 is 0 Å². The summed E-state index contributed by atoms with van der Waals surface area (Å²) in [5.74, 6) is 1.12. The van der Waals surface area contributed by atoms with Crippen LogP contribution in [0, 0.1) is 0 Å². The first-order chi connectivity index (χ1) is 16.8. The Morgan fingerprint density at radius 1 is 0.765 bits per heavy atom. The SMILES string of the molecule is O=C(CCn1ccnc1-c1ccccc1)N1CCN(C(c2ccccc2)c2ccccc2)CC1. The molecular weight excluding hydrogens is 420 g/mol. The van der Waals surface area contributed by atoms with Gasteiger partial charge in [-0.15, -0.1) is 0 Å². The Bertz CT molecular complexity index is 1140. The van der Waals surface area contributed by atoms with Crippen LogP contribution in [-0.2, 0) is 11.3 Å². The molecule has 0 atom stereocenters. The molecule has 0 aliphatic carbocycles. The summed E-state index contributed by atoms with van der Waals surface area (Å²) in [7, 11) is 0. The van der Waals surface area contributed by atoms with Crippen LogP contribution in [0.3, 0.4) is 0 Å². The molecule has 5 rings (SSSR count). The van der Waals surface area contributed by atoms with Crippen molar-refractivity contribution in [2.75, 3.05) is 26.2 Å². The average molecular weight is 451 g/mol. The molecule has 3 aromatic carbocycles. The first kappa shape index (κ1) is 22.1. The number of hydrogen-bond acceptors (Lipinski definition) is 3. The molecule has 34 heavy (non-hydrogen) atoms. The normalized spacial score (nSPS) is 14.4. The average Bonchev–Trinajstić information content (AvgIpc) is 3.38. The van der Waals surface area contributed by atoms with Gasteiger partial charge >= 0.3 is 0 Å². The summed E-state index contributed by atoms with van der Waals surface area (Å²) in [6.07, 6.45) is 4.24. The van der Waals surface area contributed by atoms with Crippen LogP contribution in [0.2, 0.25) is 0 Å². The third-order valence-corrected chi connectivity index (χ3v) is 6.58. The Morgan fingerprint density at radius 3 is 1.91 bits per heavy atom. The molecule has 0 bridgehead atoms. The van der Waals surface area contributed by atoms with Crippen LogP contribution in [0.5, 0.6) is 0 Å². The van der Waals surface area contributed by atoms with Crippen molar-refractivity contribution < 1.29 is 4.79 Å². The van der Waals surface area contributed by atoms with E-state index in [1.807, 2.05) is 29.3 Å². The molecular formula is C29H30N4O. The van der Waals surface area contributed by atoms with Crippen molar-refractivity contribution in [2.45, 2.75) is 19.0 Å². The number of carbonyl (C=O) groups is 1. The minimum absolute atomic E-state index is 0.207. The van der Waals surface area contributed by atoms with Gasteiger partial charge in [0.05, 0.1) is 6.04 Å². The Labute approximate surface area is 201 Å². The van der Waals surface area contributed by atoms with Gasteiger partial charge in [0.1, 0.15) is 5.82 Å². The standard InChI is InChI=1S/C29H30N4O/c34-27(16-18-33-19-17-30-29(33)26-14-8-3-9-15-26)31-20-22-32(23-21-31)28(24-10-4-1-5-11-24)25-12-6-2-7-13-25/h1-15,17,19,28H,16,18,20-23H2. The van der Waals surface area contributed by atoms with Gasteiger partial charge < -0.3 is 9.47 Å². The Kier molecular flexibility index (Phi) is 6.82. The van der Waals surface area contributed by atoms with Gasteiger partial charge in [0, 0.05) is 57.1 Å². The predicted octanol–water partition coefficient (Wildman–Crippen LogP) is 4.87. The van der Waals surface area contributed by atoms with Crippen molar-refractivity contribution in [1.29, 1.82) is 0 Å². The molecule has 1 saturated heterocycles. The third-order valence-electron chi connectivity index (χ3n) is 6.58. The minimum Gasteiger partial charge on any atom is -0.340 e. The second-order valence-corrected chi connectivity index (χ2v) is 8.70. The Morgan fingerprint density at radius 2 is 1.32 bits per heavy atom. The first-order valence-electron chi connectivity index (χ1n) is 12.0. The smallest absolute Gasteiger partial charge is 0.224 e. The van der Waals surface area contributed by atoms with Crippen molar-refractivity contribution >= 4 is 5.91 Å². The summed E-state index contributed by atoms with van der Waals surface area (Å²) in [5.41, 5.74) is 3.66. The molecule has 0 radical (unpaired) electrons. The number of aryl methyl sites for hydroxylation is 1. The van der Waals surface area contributed by atoms with Crippen LogP contribution in [0.1, 0.15) is 23.6 Å². The van der Waals surface area contributed by atoms with Gasteiger partial charge in [-0.1, -0.05) is 91.0 Å². The lowest BCUT2D eigenvalue weighted by molar-refractivity contribution is -0.133. The number of aromatic nitrogens is 2. The fourth-order valence-electron chi connectivity index (χ4n) is 4.83. The van der Waals surface area contributed by atoms with E-state index in [9.17, 15) is 4.79 Å². The van der Waals surface area contributed by atoms with Gasteiger partial charge in [-0.25, -0.2) is 4.98 Å². The lowest BCUT2D eigenvalue weighted by Crippen LogP contribution is -2.50. The van der Waals surface area contributed by atoms with Crippen LogP contribution in [0.15, 0.2) is 103 Å². The van der Waals surface area contributed by atoms with Crippen LogP contribution >= 0.6 is 0 Å². The Hall–Kier alpha value is -3.70. The highest BCUT2D eigenvalue weighted by Gasteiger charge is 2.28. The largest absolute Gasteiger partial charge is 0.340 e. The lowest BCUT2D eigenvalue weighted by Gasteiger charge is -2.40. The number of imidazole rings is 1. The summed E-state index contributed by atoms with van der Waals surface area (Å²) in [5, 5.41) is 0. The van der Waals surface area contributed by atoms with Crippen molar-refractivity contribution in [2.24, 2.45) is 0 Å². The van der Waals surface area contributed by atoms with E-state index in [0.717, 1.165) is 37.6 Å². The third kappa shape index (κ3) is 4.95. The molecule has 0 N–H and O–H groups in total. The number of amides is 1. The van der Waals surface area contributed by atoms with E-state index in [1.54, 1.807) is 6.20 Å². The van der Waals surface area contributed by atoms with Crippen molar-refractivity contribution in [3.8, 4) is 11.4 Å². The molecule has 1 amide bonds. The monoisotopic (exact) mass is 450 g/mol. The summed E-state index contributed by atoms with van der Waals surface area (Å²) < 4.78 is 2.07. The van der Waals surface area contributed by atoms with Crippen molar-refractivity contribution in [3.63, 3.8) is 0 Å². The maximum atomic E-state index is 13.0. The molecule has 5 nitrogen and oxygen atoms in total. The molecule has 2 heterocycles. The summed E-state index contributed by atoms with van der Waals surface area (Å²) in [4.78, 5) is 22.0. The van der Waals surface area contributed by atoms with Gasteiger partial charge in [-0.2, -0.15) is 0 Å². The number of carbonyl (C=O) groups excluding carboxylic acids is 1. The zero-order chi connectivity index (χ0) is 23.2. The van der Waals surface area contributed by atoms with Crippen molar-refractivity contribution in [1.82, 2.24) is 19.4 Å². The zero-order valence-electron chi connectivity index (χ0n) is 19.3. The molecule has 5 heteroatoms. The molecule has 1 aliphatic rings. The predicted molar refractivity (Wildman–Crippen MR) is 135 cm³/mol. The quantitative estimate of drug-likeness (QED) is 0.403. The maximum absolute atomic E-state index is 13.0. The van der Waals surface area contributed by atoms with Gasteiger partial charge in [-0.3, -0.25) is 9.69 Å². The second kappa shape index (κ2) is 10.5. The molecule has 172 valence electrons. The van der Waals surface area contributed by atoms with Gasteiger partial charge in [-0.05, 0) is 11.1 Å². The topological polar surface area (TPSA) is 41.4 Å². The van der Waals surface area contributed by atoms with Crippen LogP contribution in [0.4, 0.5) is 0 Å². The van der Waals surface area contributed by atoms with E-state index in [0.29, 0.717) is 13.0 Å². The molecule has 4 aromatic rings. The molecule has 0 saturated carbocycles. The zero-order valence-corrected chi connectivity index (χ0v) is 19.3. The number of rotatable bonds is 7. The Balaban J connectivity index is 1.21. The van der Waals surface area contributed by atoms with Gasteiger partial charge in [0.25, 0.3) is 0 Å². The second-order valence-electron chi connectivity index (χ2n) is 8.70.